The van der Waals surface area contributed by atoms with Crippen molar-refractivity contribution in [1.82, 2.24) is 10.2 Å². The van der Waals surface area contributed by atoms with Crippen LogP contribution in [0, 0.1) is 16.0 Å². The average Bonchev–Trinajstić information content (AvgIpc) is 2.52. The Morgan fingerprint density at radius 2 is 2.21 bits per heavy atom. The second-order valence-electron chi connectivity index (χ2n) is 6.77. The molecule has 0 bridgehead atoms. The molecule has 0 saturated carbocycles. The SMILES string of the molecule is CC(C)NC(=O)c1ccc(NCC2CCCN(C)C2)c([N+](=O)[O-])c1. The fourth-order valence-electron chi connectivity index (χ4n) is 3.01. The van der Waals surface area contributed by atoms with Crippen LogP contribution in [0.3, 0.4) is 0 Å². The van der Waals surface area contributed by atoms with Gasteiger partial charge in [-0.15, -0.1) is 0 Å². The molecule has 1 atom stereocenters. The lowest BCUT2D eigenvalue weighted by atomic mass is 9.98. The van der Waals surface area contributed by atoms with Crippen LogP contribution in [0.1, 0.15) is 37.0 Å². The molecule has 2 N–H and O–H groups in total. The van der Waals surface area contributed by atoms with Gasteiger partial charge in [-0.1, -0.05) is 0 Å². The number of carbonyl (C=O) groups excluding carboxylic acids is 1. The van der Waals surface area contributed by atoms with Gasteiger partial charge < -0.3 is 15.5 Å². The number of nitro benzene ring substituents is 1. The Hall–Kier alpha value is -2.15. The summed E-state index contributed by atoms with van der Waals surface area (Å²) in [6.45, 7) is 6.50. The highest BCUT2D eigenvalue weighted by molar-refractivity contribution is 5.95. The summed E-state index contributed by atoms with van der Waals surface area (Å²) in [7, 11) is 2.09. The van der Waals surface area contributed by atoms with E-state index in [0.29, 0.717) is 23.7 Å². The number of benzene rings is 1. The lowest BCUT2D eigenvalue weighted by Crippen LogP contribution is -2.35. The number of nitrogens with one attached hydrogen (secondary N) is 2. The molecule has 0 spiro atoms. The van der Waals surface area contributed by atoms with E-state index in [2.05, 4.69) is 22.6 Å². The van der Waals surface area contributed by atoms with E-state index in [1.807, 2.05) is 13.8 Å². The lowest BCUT2D eigenvalue weighted by molar-refractivity contribution is -0.384. The van der Waals surface area contributed by atoms with Crippen LogP contribution in [0.2, 0.25) is 0 Å². The Morgan fingerprint density at radius 1 is 1.46 bits per heavy atom. The van der Waals surface area contributed by atoms with Crippen LogP contribution in [0.4, 0.5) is 11.4 Å². The van der Waals surface area contributed by atoms with E-state index in [-0.39, 0.29) is 17.6 Å². The van der Waals surface area contributed by atoms with E-state index in [4.69, 9.17) is 0 Å². The molecule has 0 aromatic heterocycles. The molecular formula is C17H26N4O3. The molecule has 1 aromatic carbocycles. The number of amides is 1. The van der Waals surface area contributed by atoms with E-state index in [1.54, 1.807) is 12.1 Å². The van der Waals surface area contributed by atoms with Gasteiger partial charge in [0.05, 0.1) is 4.92 Å². The van der Waals surface area contributed by atoms with Gasteiger partial charge in [0.15, 0.2) is 0 Å². The maximum atomic E-state index is 12.0. The van der Waals surface area contributed by atoms with E-state index < -0.39 is 4.92 Å². The zero-order chi connectivity index (χ0) is 17.7. The summed E-state index contributed by atoms with van der Waals surface area (Å²) < 4.78 is 0. The molecule has 1 fully saturated rings. The Labute approximate surface area is 142 Å². The summed E-state index contributed by atoms with van der Waals surface area (Å²) >= 11 is 0. The molecule has 24 heavy (non-hydrogen) atoms. The Morgan fingerprint density at radius 3 is 2.83 bits per heavy atom. The largest absolute Gasteiger partial charge is 0.379 e. The molecule has 1 unspecified atom stereocenters. The molecule has 132 valence electrons. The standard InChI is InChI=1S/C17H26N4O3/c1-12(2)19-17(22)14-6-7-15(16(9-14)21(23)24)18-10-13-5-4-8-20(3)11-13/h6-7,9,12-13,18H,4-5,8,10-11H2,1-3H3,(H,19,22). The topological polar surface area (TPSA) is 87.5 Å². The third-order valence-corrected chi connectivity index (χ3v) is 4.18. The van der Waals surface area contributed by atoms with E-state index in [0.717, 1.165) is 25.9 Å². The first-order valence-electron chi connectivity index (χ1n) is 8.38. The highest BCUT2D eigenvalue weighted by Crippen LogP contribution is 2.26. The zero-order valence-electron chi connectivity index (χ0n) is 14.5. The summed E-state index contributed by atoms with van der Waals surface area (Å²) in [4.78, 5) is 25.2. The normalized spacial score (nSPS) is 18.4. The summed E-state index contributed by atoms with van der Waals surface area (Å²) in [6.07, 6.45) is 2.28. The van der Waals surface area contributed by atoms with Crippen molar-refractivity contribution in [1.29, 1.82) is 0 Å². The van der Waals surface area contributed by atoms with Crippen molar-refractivity contribution >= 4 is 17.3 Å². The number of piperidine rings is 1. The van der Waals surface area contributed by atoms with Gasteiger partial charge in [0.2, 0.25) is 0 Å². The molecule has 2 rings (SSSR count). The molecular weight excluding hydrogens is 308 g/mol. The number of nitrogens with zero attached hydrogens (tertiary/aromatic N) is 2. The predicted octanol–water partition coefficient (Wildman–Crippen LogP) is 2.49. The summed E-state index contributed by atoms with van der Waals surface area (Å²) in [5.41, 5.74) is 0.711. The van der Waals surface area contributed by atoms with Gasteiger partial charge in [-0.2, -0.15) is 0 Å². The van der Waals surface area contributed by atoms with Gasteiger partial charge in [-0.3, -0.25) is 14.9 Å². The summed E-state index contributed by atoms with van der Waals surface area (Å²) in [6, 6.07) is 4.57. The van der Waals surface area contributed by atoms with Crippen molar-refractivity contribution in [2.24, 2.45) is 5.92 Å². The quantitative estimate of drug-likeness (QED) is 0.616. The van der Waals surface area contributed by atoms with Crippen molar-refractivity contribution in [3.05, 3.63) is 33.9 Å². The first kappa shape index (κ1) is 18.2. The summed E-state index contributed by atoms with van der Waals surface area (Å²) in [5, 5.41) is 17.3. The molecule has 1 aliphatic heterocycles. The van der Waals surface area contributed by atoms with Gasteiger partial charge in [-0.05, 0) is 58.3 Å². The number of rotatable bonds is 6. The van der Waals surface area contributed by atoms with Gasteiger partial charge in [0.25, 0.3) is 11.6 Å². The Kier molecular flexibility index (Phi) is 6.14. The van der Waals surface area contributed by atoms with Crippen molar-refractivity contribution in [3.63, 3.8) is 0 Å². The third-order valence-electron chi connectivity index (χ3n) is 4.18. The van der Waals surface area contributed by atoms with Crippen LogP contribution in [-0.2, 0) is 0 Å². The number of likely N-dealkylation sites (tertiary alicyclic amines) is 1. The Bertz CT molecular complexity index is 603. The van der Waals surface area contributed by atoms with Crippen molar-refractivity contribution in [2.45, 2.75) is 32.7 Å². The van der Waals surface area contributed by atoms with Crippen LogP contribution < -0.4 is 10.6 Å². The fraction of sp³-hybridized carbons (Fsp3) is 0.588. The van der Waals surface area contributed by atoms with E-state index in [1.165, 1.54) is 6.07 Å². The van der Waals surface area contributed by atoms with Crippen LogP contribution >= 0.6 is 0 Å². The van der Waals surface area contributed by atoms with Gasteiger partial charge in [-0.25, -0.2) is 0 Å². The fourth-order valence-corrected chi connectivity index (χ4v) is 3.01. The minimum Gasteiger partial charge on any atom is -0.379 e. The first-order chi connectivity index (χ1) is 11.4. The lowest BCUT2D eigenvalue weighted by Gasteiger charge is -2.29. The zero-order valence-corrected chi connectivity index (χ0v) is 14.5. The van der Waals surface area contributed by atoms with Crippen molar-refractivity contribution in [3.8, 4) is 0 Å². The number of hydrogen-bond acceptors (Lipinski definition) is 5. The number of carbonyl (C=O) groups is 1. The van der Waals surface area contributed by atoms with E-state index >= 15 is 0 Å². The minimum absolute atomic E-state index is 0.0161. The maximum absolute atomic E-state index is 12.0. The first-order valence-corrected chi connectivity index (χ1v) is 8.38. The molecule has 1 saturated heterocycles. The second kappa shape index (κ2) is 8.10. The van der Waals surface area contributed by atoms with Crippen LogP contribution in [0.25, 0.3) is 0 Å². The van der Waals surface area contributed by atoms with Crippen LogP contribution in [-0.4, -0.2) is 48.5 Å². The van der Waals surface area contributed by atoms with Gasteiger partial charge in [0.1, 0.15) is 5.69 Å². The molecule has 1 aromatic rings. The molecule has 1 aliphatic rings. The Balaban J connectivity index is 2.09. The molecule has 0 aliphatic carbocycles. The average molecular weight is 334 g/mol. The highest BCUT2D eigenvalue weighted by Gasteiger charge is 2.21. The minimum atomic E-state index is -0.443. The molecule has 1 amide bonds. The third kappa shape index (κ3) is 4.92. The molecule has 0 radical (unpaired) electrons. The highest BCUT2D eigenvalue weighted by atomic mass is 16.6. The molecule has 7 nitrogen and oxygen atoms in total. The second-order valence-corrected chi connectivity index (χ2v) is 6.77. The van der Waals surface area contributed by atoms with Crippen molar-refractivity contribution in [2.75, 3.05) is 32.0 Å². The maximum Gasteiger partial charge on any atom is 0.293 e. The van der Waals surface area contributed by atoms with Gasteiger partial charge in [0, 0.05) is 30.8 Å². The smallest absolute Gasteiger partial charge is 0.293 e. The van der Waals surface area contributed by atoms with Crippen LogP contribution in [0.15, 0.2) is 18.2 Å². The van der Waals surface area contributed by atoms with Crippen molar-refractivity contribution < 1.29 is 9.72 Å². The number of nitro groups is 1. The predicted molar refractivity (Wildman–Crippen MR) is 94.4 cm³/mol. The monoisotopic (exact) mass is 334 g/mol. The van der Waals surface area contributed by atoms with E-state index in [9.17, 15) is 14.9 Å². The molecule has 1 heterocycles. The molecule has 7 heteroatoms. The van der Waals surface area contributed by atoms with Gasteiger partial charge >= 0.3 is 0 Å². The number of anilines is 1. The van der Waals surface area contributed by atoms with Crippen LogP contribution in [0.5, 0.6) is 0 Å². The number of hydrogen-bond donors (Lipinski definition) is 2. The summed E-state index contributed by atoms with van der Waals surface area (Å²) in [5.74, 6) is 0.181.